The zero-order valence-electron chi connectivity index (χ0n) is 14.5. The molecule has 0 radical (unpaired) electrons. The summed E-state index contributed by atoms with van der Waals surface area (Å²) in [6, 6.07) is 6.95. The number of nitrogens with zero attached hydrogens (tertiary/aromatic N) is 1. The van der Waals surface area contributed by atoms with Gasteiger partial charge in [-0.2, -0.15) is 0 Å². The van der Waals surface area contributed by atoms with Crippen LogP contribution >= 0.6 is 12.4 Å². The number of ketones is 1. The van der Waals surface area contributed by atoms with Crippen molar-refractivity contribution in [2.24, 2.45) is 5.73 Å². The number of likely N-dealkylation sites (tertiary alicyclic amines) is 1. The normalized spacial score (nSPS) is 19.8. The maximum Gasteiger partial charge on any atom is 0.263 e. The molecule has 1 amide bonds. The Morgan fingerprint density at radius 1 is 1.29 bits per heavy atom. The second kappa shape index (κ2) is 9.04. The van der Waals surface area contributed by atoms with E-state index in [1.54, 1.807) is 31.2 Å². The van der Waals surface area contributed by atoms with Gasteiger partial charge < -0.3 is 15.4 Å². The molecule has 0 aromatic heterocycles. The molecular weight excluding hydrogens is 328 g/mol. The summed E-state index contributed by atoms with van der Waals surface area (Å²) >= 11 is 0. The van der Waals surface area contributed by atoms with Gasteiger partial charge in [-0.05, 0) is 52.2 Å². The molecule has 0 aliphatic carbocycles. The highest BCUT2D eigenvalue weighted by atomic mass is 35.5. The lowest BCUT2D eigenvalue weighted by molar-refractivity contribution is -0.142. The van der Waals surface area contributed by atoms with E-state index >= 15 is 0 Å². The number of carbonyl (C=O) groups is 2. The van der Waals surface area contributed by atoms with Crippen LogP contribution in [0, 0.1) is 0 Å². The van der Waals surface area contributed by atoms with Crippen LogP contribution in [0.1, 0.15) is 50.4 Å². The highest BCUT2D eigenvalue weighted by Crippen LogP contribution is 2.22. The van der Waals surface area contributed by atoms with Gasteiger partial charge in [-0.25, -0.2) is 0 Å². The maximum atomic E-state index is 12.7. The zero-order chi connectivity index (χ0) is 17.0. The number of hydrogen-bond donors (Lipinski definition) is 1. The Hall–Kier alpha value is -1.59. The number of ether oxygens (including phenoxy) is 1. The molecule has 1 aliphatic rings. The number of nitrogens with two attached hydrogens (primary N) is 1. The standard InChI is InChI=1S/C18H26N2O3.ClH/c1-12(19)17-9-4-5-10-20(17)18(22)14(3)23-16-8-6-7-15(11-16)13(2)21;/h6-8,11-12,14,17H,4-5,9-10,19H2,1-3H3;1H. The molecule has 1 heterocycles. The van der Waals surface area contributed by atoms with Crippen molar-refractivity contribution in [3.8, 4) is 5.75 Å². The van der Waals surface area contributed by atoms with Gasteiger partial charge in [0.05, 0.1) is 0 Å². The molecule has 1 fully saturated rings. The van der Waals surface area contributed by atoms with Crippen LogP contribution < -0.4 is 10.5 Å². The smallest absolute Gasteiger partial charge is 0.263 e. The molecule has 0 saturated carbocycles. The molecule has 3 unspecified atom stereocenters. The maximum absolute atomic E-state index is 12.7. The van der Waals surface area contributed by atoms with Gasteiger partial charge in [0.2, 0.25) is 0 Å². The summed E-state index contributed by atoms with van der Waals surface area (Å²) < 4.78 is 5.76. The van der Waals surface area contributed by atoms with Crippen LogP contribution in [0.5, 0.6) is 5.75 Å². The minimum Gasteiger partial charge on any atom is -0.481 e. The molecule has 2 rings (SSSR count). The van der Waals surface area contributed by atoms with Crippen molar-refractivity contribution < 1.29 is 14.3 Å². The first-order valence-electron chi connectivity index (χ1n) is 8.24. The fourth-order valence-electron chi connectivity index (χ4n) is 3.05. The molecule has 134 valence electrons. The fraction of sp³-hybridized carbons (Fsp3) is 0.556. The van der Waals surface area contributed by atoms with Gasteiger partial charge in [0.1, 0.15) is 5.75 Å². The summed E-state index contributed by atoms with van der Waals surface area (Å²) in [6.07, 6.45) is 2.44. The van der Waals surface area contributed by atoms with Crippen LogP contribution in [-0.2, 0) is 4.79 Å². The monoisotopic (exact) mass is 354 g/mol. The zero-order valence-corrected chi connectivity index (χ0v) is 15.3. The quantitative estimate of drug-likeness (QED) is 0.825. The van der Waals surface area contributed by atoms with Crippen molar-refractivity contribution in [3.05, 3.63) is 29.8 Å². The number of hydrogen-bond acceptors (Lipinski definition) is 4. The Labute approximate surface area is 149 Å². The molecule has 0 spiro atoms. The average molecular weight is 355 g/mol. The van der Waals surface area contributed by atoms with Crippen molar-refractivity contribution in [1.82, 2.24) is 4.90 Å². The van der Waals surface area contributed by atoms with Crippen molar-refractivity contribution in [2.75, 3.05) is 6.54 Å². The van der Waals surface area contributed by atoms with E-state index < -0.39 is 6.10 Å². The van der Waals surface area contributed by atoms with Gasteiger partial charge >= 0.3 is 0 Å². The van der Waals surface area contributed by atoms with Gasteiger partial charge in [-0.15, -0.1) is 12.4 Å². The van der Waals surface area contributed by atoms with Crippen LogP contribution in [0.25, 0.3) is 0 Å². The largest absolute Gasteiger partial charge is 0.481 e. The van der Waals surface area contributed by atoms with Gasteiger partial charge in [0.25, 0.3) is 5.91 Å². The Bertz CT molecular complexity index is 577. The van der Waals surface area contributed by atoms with Crippen LogP contribution in [0.4, 0.5) is 0 Å². The molecule has 3 atom stereocenters. The lowest BCUT2D eigenvalue weighted by atomic mass is 9.96. The number of Topliss-reactive ketones (excluding diaryl/α,β-unsaturated/α-hetero) is 1. The predicted octanol–water partition coefficient (Wildman–Crippen LogP) is 2.81. The first kappa shape index (κ1) is 20.5. The van der Waals surface area contributed by atoms with Gasteiger partial charge in [0.15, 0.2) is 11.9 Å². The van der Waals surface area contributed by atoms with E-state index in [0.717, 1.165) is 25.8 Å². The number of amides is 1. The molecule has 0 bridgehead atoms. The minimum atomic E-state index is -0.600. The SMILES string of the molecule is CC(=O)c1cccc(OC(C)C(=O)N2CCCCC2C(C)N)c1.Cl. The van der Waals surface area contributed by atoms with Crippen molar-refractivity contribution in [3.63, 3.8) is 0 Å². The van der Waals surface area contributed by atoms with Crippen LogP contribution in [-0.4, -0.2) is 41.3 Å². The Morgan fingerprint density at radius 3 is 2.62 bits per heavy atom. The van der Waals surface area contributed by atoms with Gasteiger partial charge in [0, 0.05) is 24.2 Å². The first-order valence-corrected chi connectivity index (χ1v) is 8.24. The van der Waals surface area contributed by atoms with E-state index in [4.69, 9.17) is 10.5 Å². The molecular formula is C18H27ClN2O3. The minimum absolute atomic E-state index is 0. The average Bonchev–Trinajstić information content (AvgIpc) is 2.54. The fourth-order valence-corrected chi connectivity index (χ4v) is 3.05. The third-order valence-electron chi connectivity index (χ3n) is 4.34. The number of benzene rings is 1. The molecule has 1 aliphatic heterocycles. The van der Waals surface area contributed by atoms with Crippen molar-refractivity contribution in [1.29, 1.82) is 0 Å². The molecule has 5 nitrogen and oxygen atoms in total. The van der Waals surface area contributed by atoms with Gasteiger partial charge in [-0.3, -0.25) is 9.59 Å². The molecule has 1 saturated heterocycles. The molecule has 1 aromatic carbocycles. The Balaban J connectivity index is 0.00000288. The van der Waals surface area contributed by atoms with E-state index in [-0.39, 0.29) is 36.2 Å². The number of halogens is 1. The summed E-state index contributed by atoms with van der Waals surface area (Å²) in [5.74, 6) is 0.468. The number of piperidine rings is 1. The molecule has 2 N–H and O–H groups in total. The summed E-state index contributed by atoms with van der Waals surface area (Å²) in [4.78, 5) is 26.0. The lowest BCUT2D eigenvalue weighted by Crippen LogP contribution is -2.54. The topological polar surface area (TPSA) is 72.6 Å². The Morgan fingerprint density at radius 2 is 2.00 bits per heavy atom. The van der Waals surface area contributed by atoms with Crippen LogP contribution in [0.3, 0.4) is 0 Å². The van der Waals surface area contributed by atoms with E-state index in [1.807, 2.05) is 11.8 Å². The summed E-state index contributed by atoms with van der Waals surface area (Å²) in [6.45, 7) is 5.93. The van der Waals surface area contributed by atoms with Crippen LogP contribution in [0.15, 0.2) is 24.3 Å². The number of rotatable bonds is 5. The predicted molar refractivity (Wildman–Crippen MR) is 96.8 cm³/mol. The van der Waals surface area contributed by atoms with Gasteiger partial charge in [-0.1, -0.05) is 12.1 Å². The summed E-state index contributed by atoms with van der Waals surface area (Å²) in [5, 5.41) is 0. The van der Waals surface area contributed by atoms with Crippen LogP contribution in [0.2, 0.25) is 0 Å². The van der Waals surface area contributed by atoms with Crippen molar-refractivity contribution >= 4 is 24.1 Å². The van der Waals surface area contributed by atoms with E-state index in [1.165, 1.54) is 6.92 Å². The highest BCUT2D eigenvalue weighted by Gasteiger charge is 2.32. The lowest BCUT2D eigenvalue weighted by Gasteiger charge is -2.39. The molecule has 1 aromatic rings. The Kier molecular flexibility index (Phi) is 7.70. The first-order chi connectivity index (χ1) is 10.9. The highest BCUT2D eigenvalue weighted by molar-refractivity contribution is 5.94. The van der Waals surface area contributed by atoms with E-state index in [9.17, 15) is 9.59 Å². The van der Waals surface area contributed by atoms with Crippen molar-refractivity contribution in [2.45, 2.75) is 58.2 Å². The molecule has 24 heavy (non-hydrogen) atoms. The second-order valence-corrected chi connectivity index (χ2v) is 6.30. The summed E-state index contributed by atoms with van der Waals surface area (Å²) in [5.41, 5.74) is 6.61. The molecule has 6 heteroatoms. The van der Waals surface area contributed by atoms with E-state index in [2.05, 4.69) is 0 Å². The van der Waals surface area contributed by atoms with E-state index in [0.29, 0.717) is 11.3 Å². The third-order valence-corrected chi connectivity index (χ3v) is 4.34. The summed E-state index contributed by atoms with van der Waals surface area (Å²) in [7, 11) is 0. The number of carbonyl (C=O) groups excluding carboxylic acids is 2. The third kappa shape index (κ3) is 4.95. The second-order valence-electron chi connectivity index (χ2n) is 6.30.